The number of nitro benzene ring substituents is 1. The summed E-state index contributed by atoms with van der Waals surface area (Å²) in [5, 5.41) is 18.0. The molecule has 0 unspecified atom stereocenters. The van der Waals surface area contributed by atoms with Crippen LogP contribution in [0.5, 0.6) is 0 Å². The Bertz CT molecular complexity index is 1270. The van der Waals surface area contributed by atoms with E-state index in [-0.39, 0.29) is 53.7 Å². The van der Waals surface area contributed by atoms with Crippen molar-refractivity contribution in [3.05, 3.63) is 56.1 Å². The van der Waals surface area contributed by atoms with E-state index in [2.05, 4.69) is 31.5 Å². The average Bonchev–Trinajstić information content (AvgIpc) is 3.31. The van der Waals surface area contributed by atoms with Crippen LogP contribution in [-0.2, 0) is 9.47 Å². The molecule has 2 fully saturated rings. The standard InChI is InChI=1S/C25H30BrFN6O6/c1-13-9-31(10-14(2)39-13)24(34)17-5-15(26)6-20(33(36)37)22(17)30-19-11-32(12-21(19)38-4)25(35)18-7-16(28-3)8-29-23(18)27/h5-8,13-14,19,21,28,30H,9-12H2,1-4H3/t13-,14+,19-,21-/m0/s1. The van der Waals surface area contributed by atoms with Gasteiger partial charge in [-0.15, -0.1) is 0 Å². The zero-order chi connectivity index (χ0) is 28.4. The van der Waals surface area contributed by atoms with E-state index in [1.165, 1.54) is 36.4 Å². The van der Waals surface area contributed by atoms with E-state index in [0.29, 0.717) is 23.2 Å². The summed E-state index contributed by atoms with van der Waals surface area (Å²) >= 11 is 3.29. The van der Waals surface area contributed by atoms with E-state index in [4.69, 9.17) is 9.47 Å². The molecule has 0 saturated carbocycles. The molecule has 2 amide bonds. The number of aromatic nitrogens is 1. The van der Waals surface area contributed by atoms with Crippen molar-refractivity contribution in [1.29, 1.82) is 0 Å². The number of rotatable bonds is 7. The zero-order valence-electron chi connectivity index (χ0n) is 21.9. The molecule has 14 heteroatoms. The highest BCUT2D eigenvalue weighted by atomic mass is 79.9. The van der Waals surface area contributed by atoms with Gasteiger partial charge in [0.1, 0.15) is 5.69 Å². The number of pyridine rings is 1. The highest BCUT2D eigenvalue weighted by Gasteiger charge is 2.39. The van der Waals surface area contributed by atoms with E-state index in [9.17, 15) is 24.1 Å². The number of nitro groups is 1. The van der Waals surface area contributed by atoms with E-state index in [0.717, 1.165) is 0 Å². The van der Waals surface area contributed by atoms with Crippen molar-refractivity contribution in [3.63, 3.8) is 0 Å². The number of morpholine rings is 1. The second kappa shape index (κ2) is 11.8. The number of anilines is 2. The average molecular weight is 609 g/mol. The molecule has 1 aromatic carbocycles. The number of halogens is 2. The van der Waals surface area contributed by atoms with Crippen LogP contribution in [0.15, 0.2) is 28.9 Å². The summed E-state index contributed by atoms with van der Waals surface area (Å²) < 4.78 is 26.1. The maximum absolute atomic E-state index is 14.4. The maximum atomic E-state index is 14.4. The second-order valence-corrected chi connectivity index (χ2v) is 10.5. The third kappa shape index (κ3) is 6.12. The molecule has 2 aliphatic rings. The van der Waals surface area contributed by atoms with Gasteiger partial charge in [-0.3, -0.25) is 19.7 Å². The van der Waals surface area contributed by atoms with Gasteiger partial charge in [-0.2, -0.15) is 4.39 Å². The third-order valence-electron chi connectivity index (χ3n) is 6.76. The number of benzene rings is 1. The first-order valence-corrected chi connectivity index (χ1v) is 13.2. The normalized spacial score (nSPS) is 23.0. The van der Waals surface area contributed by atoms with Crippen LogP contribution >= 0.6 is 15.9 Å². The van der Waals surface area contributed by atoms with Crippen molar-refractivity contribution >= 4 is 44.8 Å². The van der Waals surface area contributed by atoms with Crippen molar-refractivity contribution < 1.29 is 28.4 Å². The molecule has 0 aliphatic carbocycles. The Morgan fingerprint density at radius 3 is 2.38 bits per heavy atom. The highest BCUT2D eigenvalue weighted by Crippen LogP contribution is 2.36. The molecule has 2 aromatic rings. The summed E-state index contributed by atoms with van der Waals surface area (Å²) in [7, 11) is 3.08. The minimum atomic E-state index is -0.908. The number of methoxy groups -OCH3 is 1. The van der Waals surface area contributed by atoms with Gasteiger partial charge >= 0.3 is 0 Å². The van der Waals surface area contributed by atoms with Crippen LogP contribution in [0.2, 0.25) is 0 Å². The fourth-order valence-electron chi connectivity index (χ4n) is 4.98. The molecule has 0 spiro atoms. The quantitative estimate of drug-likeness (QED) is 0.275. The van der Waals surface area contributed by atoms with Crippen LogP contribution < -0.4 is 10.6 Å². The van der Waals surface area contributed by atoms with Gasteiger partial charge in [0, 0.05) is 50.9 Å². The lowest BCUT2D eigenvalue weighted by atomic mass is 10.1. The van der Waals surface area contributed by atoms with Crippen LogP contribution in [0.1, 0.15) is 34.6 Å². The van der Waals surface area contributed by atoms with Gasteiger partial charge in [-0.05, 0) is 26.0 Å². The molecule has 12 nitrogen and oxygen atoms in total. The lowest BCUT2D eigenvalue weighted by molar-refractivity contribution is -0.384. The van der Waals surface area contributed by atoms with E-state index < -0.39 is 28.9 Å². The van der Waals surface area contributed by atoms with Gasteiger partial charge < -0.3 is 29.9 Å². The molecular weight excluding hydrogens is 579 g/mol. The smallest absolute Gasteiger partial charge is 0.294 e. The Hall–Kier alpha value is -3.36. The van der Waals surface area contributed by atoms with Crippen molar-refractivity contribution in [2.45, 2.75) is 38.2 Å². The van der Waals surface area contributed by atoms with Gasteiger partial charge in [0.05, 0.1) is 52.3 Å². The molecule has 0 bridgehead atoms. The van der Waals surface area contributed by atoms with Crippen LogP contribution in [0.3, 0.4) is 0 Å². The van der Waals surface area contributed by atoms with Crippen molar-refractivity contribution in [2.75, 3.05) is 51.0 Å². The van der Waals surface area contributed by atoms with Gasteiger partial charge in [0.15, 0.2) is 0 Å². The summed E-state index contributed by atoms with van der Waals surface area (Å²) in [5.41, 5.74) is 0.0784. The number of ether oxygens (including phenoxy) is 2. The summed E-state index contributed by atoms with van der Waals surface area (Å²) in [4.78, 5) is 45.0. The molecule has 0 radical (unpaired) electrons. The second-order valence-electron chi connectivity index (χ2n) is 9.62. The number of carbonyl (C=O) groups is 2. The van der Waals surface area contributed by atoms with E-state index >= 15 is 0 Å². The zero-order valence-corrected chi connectivity index (χ0v) is 23.5. The molecule has 3 heterocycles. The minimum absolute atomic E-state index is 0.0198. The predicted octanol–water partition coefficient (Wildman–Crippen LogP) is 3.13. The lowest BCUT2D eigenvalue weighted by Crippen LogP contribution is -2.48. The van der Waals surface area contributed by atoms with Gasteiger partial charge in [0.25, 0.3) is 17.5 Å². The molecule has 4 rings (SSSR count). The first-order chi connectivity index (χ1) is 18.5. The van der Waals surface area contributed by atoms with Crippen LogP contribution in [-0.4, -0.2) is 96.2 Å². The predicted molar refractivity (Wildman–Crippen MR) is 145 cm³/mol. The SMILES string of the molecule is CNc1cnc(F)c(C(=O)N2C[C@H](Nc3c(C(=O)N4C[C@@H](C)O[C@@H](C)C4)cc(Br)cc3[N+](=O)[O-])[C@@H](OC)C2)c1. The van der Waals surface area contributed by atoms with E-state index in [1.807, 2.05) is 13.8 Å². The lowest BCUT2D eigenvalue weighted by Gasteiger charge is -2.35. The fourth-order valence-corrected chi connectivity index (χ4v) is 5.42. The maximum Gasteiger partial charge on any atom is 0.294 e. The molecule has 2 saturated heterocycles. The number of hydrogen-bond donors (Lipinski definition) is 2. The number of carbonyl (C=O) groups excluding carboxylic acids is 2. The Morgan fingerprint density at radius 1 is 1.13 bits per heavy atom. The van der Waals surface area contributed by atoms with Crippen molar-refractivity contribution in [1.82, 2.24) is 14.8 Å². The van der Waals surface area contributed by atoms with Gasteiger partial charge in [0.2, 0.25) is 5.95 Å². The minimum Gasteiger partial charge on any atom is -0.387 e. The van der Waals surface area contributed by atoms with Crippen molar-refractivity contribution in [3.8, 4) is 0 Å². The van der Waals surface area contributed by atoms with Crippen LogP contribution in [0.25, 0.3) is 0 Å². The first kappa shape index (κ1) is 28.6. The molecular formula is C25H30BrFN6O6. The fraction of sp³-hybridized carbons (Fsp3) is 0.480. The van der Waals surface area contributed by atoms with Gasteiger partial charge in [-0.25, -0.2) is 4.98 Å². The van der Waals surface area contributed by atoms with Crippen LogP contribution in [0.4, 0.5) is 21.5 Å². The van der Waals surface area contributed by atoms with Crippen LogP contribution in [0, 0.1) is 16.1 Å². The highest BCUT2D eigenvalue weighted by molar-refractivity contribution is 9.10. The van der Waals surface area contributed by atoms with Gasteiger partial charge in [-0.1, -0.05) is 15.9 Å². The number of likely N-dealkylation sites (tertiary alicyclic amines) is 1. The largest absolute Gasteiger partial charge is 0.387 e. The third-order valence-corrected chi connectivity index (χ3v) is 7.22. The molecule has 2 aliphatic heterocycles. The summed E-state index contributed by atoms with van der Waals surface area (Å²) in [6.45, 7) is 4.53. The Kier molecular flexibility index (Phi) is 8.67. The number of amides is 2. The molecule has 1 aromatic heterocycles. The topological polar surface area (TPSA) is 139 Å². The number of nitrogens with one attached hydrogen (secondary N) is 2. The number of nitrogens with zero attached hydrogens (tertiary/aromatic N) is 4. The monoisotopic (exact) mass is 608 g/mol. The first-order valence-electron chi connectivity index (χ1n) is 12.4. The Labute approximate surface area is 233 Å². The Morgan fingerprint density at radius 2 is 1.77 bits per heavy atom. The summed E-state index contributed by atoms with van der Waals surface area (Å²) in [6.07, 6.45) is 0.297. The van der Waals surface area contributed by atoms with E-state index in [1.54, 1.807) is 11.9 Å². The summed E-state index contributed by atoms with van der Waals surface area (Å²) in [6, 6.07) is 3.59. The number of hydrogen-bond acceptors (Lipinski definition) is 9. The molecule has 4 atom stereocenters. The molecule has 210 valence electrons. The Balaban J connectivity index is 1.66. The summed E-state index contributed by atoms with van der Waals surface area (Å²) in [5.74, 6) is -1.89. The molecule has 39 heavy (non-hydrogen) atoms. The van der Waals surface area contributed by atoms with Crippen molar-refractivity contribution in [2.24, 2.45) is 0 Å². The molecule has 2 N–H and O–H groups in total.